The van der Waals surface area contributed by atoms with E-state index in [0.717, 1.165) is 43.4 Å². The van der Waals surface area contributed by atoms with Crippen molar-refractivity contribution in [2.24, 2.45) is 0 Å². The van der Waals surface area contributed by atoms with E-state index in [4.69, 9.17) is 0 Å². The van der Waals surface area contributed by atoms with Crippen LogP contribution < -0.4 is 10.2 Å². The summed E-state index contributed by atoms with van der Waals surface area (Å²) in [6.45, 7) is 3.87. The van der Waals surface area contributed by atoms with Crippen LogP contribution in [0.2, 0.25) is 0 Å². The Morgan fingerprint density at radius 2 is 1.76 bits per heavy atom. The Balaban J connectivity index is 1.51. The third-order valence-corrected chi connectivity index (χ3v) is 5.47. The zero-order valence-corrected chi connectivity index (χ0v) is 17.5. The number of carbonyl (C=O) groups is 1. The Kier molecular flexibility index (Phi) is 7.18. The van der Waals surface area contributed by atoms with Crippen LogP contribution in [-0.2, 0) is 17.4 Å². The number of piperazine rings is 1. The molecule has 1 saturated heterocycles. The van der Waals surface area contributed by atoms with Crippen LogP contribution in [0.5, 0.6) is 0 Å². The SMILES string of the molecule is O=C(CBr)Nc1cccc(CCN2CCN(c3cccc(C(F)(F)F)c3)CC2)c1. The number of halogens is 4. The van der Waals surface area contributed by atoms with Crippen molar-refractivity contribution in [3.05, 3.63) is 59.7 Å². The van der Waals surface area contributed by atoms with Gasteiger partial charge in [0, 0.05) is 44.1 Å². The summed E-state index contributed by atoms with van der Waals surface area (Å²) in [5, 5.41) is 3.08. The number of hydrogen-bond donors (Lipinski definition) is 1. The van der Waals surface area contributed by atoms with Gasteiger partial charge in [-0.3, -0.25) is 9.69 Å². The molecule has 1 N–H and O–H groups in total. The molecule has 0 aromatic heterocycles. The van der Waals surface area contributed by atoms with Gasteiger partial charge in [-0.25, -0.2) is 0 Å². The maximum Gasteiger partial charge on any atom is 0.416 e. The summed E-state index contributed by atoms with van der Waals surface area (Å²) in [7, 11) is 0. The summed E-state index contributed by atoms with van der Waals surface area (Å²) in [6.07, 6.45) is -3.47. The monoisotopic (exact) mass is 469 g/mol. The summed E-state index contributed by atoms with van der Waals surface area (Å²) in [5.74, 6) is -0.0899. The number of rotatable bonds is 6. The predicted molar refractivity (Wildman–Crippen MR) is 113 cm³/mol. The van der Waals surface area contributed by atoms with Crippen LogP contribution in [0.3, 0.4) is 0 Å². The van der Waals surface area contributed by atoms with E-state index >= 15 is 0 Å². The average Bonchev–Trinajstić information content (AvgIpc) is 2.72. The second kappa shape index (κ2) is 9.63. The highest BCUT2D eigenvalue weighted by atomic mass is 79.9. The molecular formula is C21H23BrF3N3O. The molecule has 29 heavy (non-hydrogen) atoms. The van der Waals surface area contributed by atoms with E-state index in [9.17, 15) is 18.0 Å². The molecule has 4 nitrogen and oxygen atoms in total. The molecule has 1 aliphatic heterocycles. The second-order valence-electron chi connectivity index (χ2n) is 7.01. The largest absolute Gasteiger partial charge is 0.416 e. The summed E-state index contributed by atoms with van der Waals surface area (Å²) in [6, 6.07) is 13.3. The molecule has 0 atom stereocenters. The van der Waals surface area contributed by atoms with Crippen molar-refractivity contribution in [2.45, 2.75) is 12.6 Å². The van der Waals surface area contributed by atoms with Crippen molar-refractivity contribution in [3.63, 3.8) is 0 Å². The minimum Gasteiger partial charge on any atom is -0.369 e. The van der Waals surface area contributed by atoms with Crippen LogP contribution in [0.15, 0.2) is 48.5 Å². The molecule has 8 heteroatoms. The van der Waals surface area contributed by atoms with Crippen LogP contribution in [-0.4, -0.2) is 48.9 Å². The third kappa shape index (κ3) is 6.21. The van der Waals surface area contributed by atoms with E-state index in [-0.39, 0.29) is 11.2 Å². The molecule has 0 radical (unpaired) electrons. The van der Waals surface area contributed by atoms with Crippen LogP contribution in [0.4, 0.5) is 24.5 Å². The lowest BCUT2D eigenvalue weighted by Gasteiger charge is -2.36. The van der Waals surface area contributed by atoms with Crippen molar-refractivity contribution in [2.75, 3.05) is 48.3 Å². The van der Waals surface area contributed by atoms with Crippen molar-refractivity contribution >= 4 is 33.2 Å². The average molecular weight is 470 g/mol. The lowest BCUT2D eigenvalue weighted by atomic mass is 10.1. The smallest absolute Gasteiger partial charge is 0.369 e. The van der Waals surface area contributed by atoms with Crippen molar-refractivity contribution in [3.8, 4) is 0 Å². The topological polar surface area (TPSA) is 35.6 Å². The minimum absolute atomic E-state index is 0.0899. The van der Waals surface area contributed by atoms with Gasteiger partial charge in [0.25, 0.3) is 0 Å². The normalized spacial score (nSPS) is 15.4. The highest BCUT2D eigenvalue weighted by molar-refractivity contribution is 9.09. The fourth-order valence-electron chi connectivity index (χ4n) is 3.39. The van der Waals surface area contributed by atoms with Gasteiger partial charge in [0.2, 0.25) is 5.91 Å². The van der Waals surface area contributed by atoms with Gasteiger partial charge in [0.05, 0.1) is 10.9 Å². The van der Waals surface area contributed by atoms with E-state index in [0.29, 0.717) is 18.8 Å². The Hall–Kier alpha value is -2.06. The quantitative estimate of drug-likeness (QED) is 0.636. The fourth-order valence-corrected chi connectivity index (χ4v) is 3.53. The highest BCUT2D eigenvalue weighted by Gasteiger charge is 2.31. The van der Waals surface area contributed by atoms with Crippen molar-refractivity contribution in [1.29, 1.82) is 0 Å². The second-order valence-corrected chi connectivity index (χ2v) is 7.57. The molecule has 1 aliphatic rings. The van der Waals surface area contributed by atoms with Gasteiger partial charge >= 0.3 is 6.18 Å². The molecule has 1 amide bonds. The summed E-state index contributed by atoms with van der Waals surface area (Å²) in [5.41, 5.74) is 1.93. The number of nitrogens with zero attached hydrogens (tertiary/aromatic N) is 2. The molecular weight excluding hydrogens is 447 g/mol. The van der Waals surface area contributed by atoms with Gasteiger partial charge in [-0.15, -0.1) is 0 Å². The molecule has 1 heterocycles. The third-order valence-electron chi connectivity index (χ3n) is 4.96. The van der Waals surface area contributed by atoms with Gasteiger partial charge in [-0.1, -0.05) is 34.1 Å². The lowest BCUT2D eigenvalue weighted by Crippen LogP contribution is -2.47. The first kappa shape index (κ1) is 21.6. The molecule has 0 aliphatic carbocycles. The predicted octanol–water partition coefficient (Wildman–Crippen LogP) is 4.40. The lowest BCUT2D eigenvalue weighted by molar-refractivity contribution is -0.137. The van der Waals surface area contributed by atoms with Gasteiger partial charge < -0.3 is 10.2 Å². The summed E-state index contributed by atoms with van der Waals surface area (Å²) in [4.78, 5) is 15.8. The number of hydrogen-bond acceptors (Lipinski definition) is 3. The first-order valence-electron chi connectivity index (χ1n) is 9.44. The van der Waals surface area contributed by atoms with Crippen LogP contribution in [0, 0.1) is 0 Å². The van der Waals surface area contributed by atoms with Gasteiger partial charge in [-0.05, 0) is 42.3 Å². The highest BCUT2D eigenvalue weighted by Crippen LogP contribution is 2.31. The van der Waals surface area contributed by atoms with E-state index < -0.39 is 11.7 Å². The molecule has 1 fully saturated rings. The number of amides is 1. The Bertz CT molecular complexity index is 836. The maximum absolute atomic E-state index is 12.9. The molecule has 2 aromatic carbocycles. The Labute approximate surface area is 176 Å². The molecule has 0 bridgehead atoms. The van der Waals surface area contributed by atoms with E-state index in [1.54, 1.807) is 6.07 Å². The number of nitrogens with one attached hydrogen (secondary N) is 1. The van der Waals surface area contributed by atoms with Crippen molar-refractivity contribution < 1.29 is 18.0 Å². The fraction of sp³-hybridized carbons (Fsp3) is 0.381. The molecule has 3 rings (SSSR count). The summed E-state index contributed by atoms with van der Waals surface area (Å²) >= 11 is 3.13. The Morgan fingerprint density at radius 3 is 2.45 bits per heavy atom. The Morgan fingerprint density at radius 1 is 1.03 bits per heavy atom. The first-order valence-corrected chi connectivity index (χ1v) is 10.6. The maximum atomic E-state index is 12.9. The van der Waals surface area contributed by atoms with Gasteiger partial charge in [0.15, 0.2) is 0 Å². The van der Waals surface area contributed by atoms with E-state index in [1.165, 1.54) is 12.1 Å². The number of carbonyl (C=O) groups excluding carboxylic acids is 1. The zero-order chi connectivity index (χ0) is 20.9. The molecule has 2 aromatic rings. The van der Waals surface area contributed by atoms with Crippen molar-refractivity contribution in [1.82, 2.24) is 4.90 Å². The number of benzene rings is 2. The van der Waals surface area contributed by atoms with Gasteiger partial charge in [0.1, 0.15) is 0 Å². The minimum atomic E-state index is -4.32. The standard InChI is InChI=1S/C21H23BrF3N3O/c22-15-20(29)26-18-5-1-3-16(13-18)7-8-27-9-11-28(12-10-27)19-6-2-4-17(14-19)21(23,24)25/h1-6,13-14H,7-12,15H2,(H,26,29). The van der Waals surface area contributed by atoms with Gasteiger partial charge in [-0.2, -0.15) is 13.2 Å². The first-order chi connectivity index (χ1) is 13.8. The molecule has 0 saturated carbocycles. The number of anilines is 2. The summed E-state index contributed by atoms with van der Waals surface area (Å²) < 4.78 is 38.8. The van der Waals surface area contributed by atoms with Crippen LogP contribution >= 0.6 is 15.9 Å². The molecule has 156 valence electrons. The van der Waals surface area contributed by atoms with E-state index in [1.807, 2.05) is 29.2 Å². The zero-order valence-electron chi connectivity index (χ0n) is 15.9. The van der Waals surface area contributed by atoms with Crippen LogP contribution in [0.1, 0.15) is 11.1 Å². The molecule has 0 unspecified atom stereocenters. The number of alkyl halides is 4. The van der Waals surface area contributed by atoms with Crippen LogP contribution in [0.25, 0.3) is 0 Å². The van der Waals surface area contributed by atoms with E-state index in [2.05, 4.69) is 26.1 Å². The molecule has 0 spiro atoms.